The van der Waals surface area contributed by atoms with Crippen molar-refractivity contribution in [2.75, 3.05) is 32.8 Å². The lowest BCUT2D eigenvalue weighted by Gasteiger charge is -2.44. The predicted octanol–water partition coefficient (Wildman–Crippen LogP) is 2.90. The number of hydrogen-bond donors (Lipinski definition) is 1. The van der Waals surface area contributed by atoms with E-state index < -0.39 is 0 Å². The second-order valence-electron chi connectivity index (χ2n) is 7.15. The van der Waals surface area contributed by atoms with Gasteiger partial charge in [0.25, 0.3) is 0 Å². The molecular weight excluding hydrogens is 300 g/mol. The van der Waals surface area contributed by atoms with E-state index in [2.05, 4.69) is 34.1 Å². The highest BCUT2D eigenvalue weighted by atomic mass is 16.5. The highest BCUT2D eigenvalue weighted by Gasteiger charge is 2.31. The topological polar surface area (TPSA) is 35.9 Å². The molecule has 2 fully saturated rings. The van der Waals surface area contributed by atoms with E-state index in [9.17, 15) is 5.11 Å². The minimum Gasteiger partial charge on any atom is -0.494 e. The largest absolute Gasteiger partial charge is 0.494 e. The summed E-state index contributed by atoms with van der Waals surface area (Å²) in [5.74, 6) is 0.944. The summed E-state index contributed by atoms with van der Waals surface area (Å²) in [4.78, 5) is 5.24. The van der Waals surface area contributed by atoms with Crippen molar-refractivity contribution >= 4 is 0 Å². The zero-order chi connectivity index (χ0) is 16.8. The van der Waals surface area contributed by atoms with Crippen LogP contribution in [0.25, 0.3) is 0 Å². The molecule has 2 aliphatic rings. The standard InChI is InChI=1S/C20H32N2O2/c1-2-24-20-9-7-17(8-10-20)15-21-12-13-22(16-19(21)11-14-23)18-5-3-4-6-18/h7-10,18-19,23H,2-6,11-16H2,1H3/t19-/m1/s1. The van der Waals surface area contributed by atoms with Gasteiger partial charge in [0, 0.05) is 44.9 Å². The lowest BCUT2D eigenvalue weighted by Crippen LogP contribution is -2.55. The van der Waals surface area contributed by atoms with Crippen LogP contribution in [0.15, 0.2) is 24.3 Å². The van der Waals surface area contributed by atoms with Gasteiger partial charge in [-0.05, 0) is 43.9 Å². The Morgan fingerprint density at radius 1 is 1.12 bits per heavy atom. The third-order valence-corrected chi connectivity index (χ3v) is 5.56. The average Bonchev–Trinajstić information content (AvgIpc) is 3.13. The Balaban J connectivity index is 1.59. The fourth-order valence-corrected chi connectivity index (χ4v) is 4.24. The zero-order valence-corrected chi connectivity index (χ0v) is 15.0. The van der Waals surface area contributed by atoms with Crippen LogP contribution in [0.5, 0.6) is 5.75 Å². The van der Waals surface area contributed by atoms with Gasteiger partial charge in [-0.1, -0.05) is 25.0 Å². The molecule has 0 spiro atoms. The lowest BCUT2D eigenvalue weighted by molar-refractivity contribution is 0.0327. The molecule has 4 heteroatoms. The van der Waals surface area contributed by atoms with E-state index in [1.54, 1.807) is 0 Å². The van der Waals surface area contributed by atoms with Crippen molar-refractivity contribution < 1.29 is 9.84 Å². The van der Waals surface area contributed by atoms with E-state index in [1.165, 1.54) is 37.8 Å². The second-order valence-corrected chi connectivity index (χ2v) is 7.15. The summed E-state index contributed by atoms with van der Waals surface area (Å²) in [7, 11) is 0. The molecule has 1 saturated heterocycles. The van der Waals surface area contributed by atoms with Gasteiger partial charge in [0.1, 0.15) is 5.75 Å². The maximum Gasteiger partial charge on any atom is 0.119 e. The number of ether oxygens (including phenoxy) is 1. The summed E-state index contributed by atoms with van der Waals surface area (Å²) in [5.41, 5.74) is 1.33. The van der Waals surface area contributed by atoms with Gasteiger partial charge in [0.05, 0.1) is 6.61 Å². The highest BCUT2D eigenvalue weighted by molar-refractivity contribution is 5.27. The second kappa shape index (κ2) is 8.84. The van der Waals surface area contributed by atoms with Crippen LogP contribution in [0.1, 0.15) is 44.6 Å². The van der Waals surface area contributed by atoms with Crippen LogP contribution >= 0.6 is 0 Å². The minimum absolute atomic E-state index is 0.281. The molecule has 1 aromatic rings. The molecule has 0 radical (unpaired) electrons. The monoisotopic (exact) mass is 332 g/mol. The molecule has 134 valence electrons. The number of aliphatic hydroxyl groups is 1. The Morgan fingerprint density at radius 3 is 2.54 bits per heavy atom. The Kier molecular flexibility index (Phi) is 6.52. The molecule has 0 unspecified atom stereocenters. The van der Waals surface area contributed by atoms with Crippen LogP contribution in [0.4, 0.5) is 0 Å². The number of piperazine rings is 1. The molecule has 1 atom stereocenters. The maximum atomic E-state index is 9.49. The summed E-state index contributed by atoms with van der Waals surface area (Å²) in [6.45, 7) is 7.36. The van der Waals surface area contributed by atoms with Gasteiger partial charge in [0.2, 0.25) is 0 Å². The predicted molar refractivity (Wildman–Crippen MR) is 97.3 cm³/mol. The Labute approximate surface area is 146 Å². The van der Waals surface area contributed by atoms with Crippen molar-refractivity contribution in [3.8, 4) is 5.75 Å². The summed E-state index contributed by atoms with van der Waals surface area (Å²) in [5, 5.41) is 9.49. The number of nitrogens with zero attached hydrogens (tertiary/aromatic N) is 2. The van der Waals surface area contributed by atoms with E-state index in [4.69, 9.17) is 4.74 Å². The number of benzene rings is 1. The van der Waals surface area contributed by atoms with Crippen molar-refractivity contribution in [1.29, 1.82) is 0 Å². The van der Waals surface area contributed by atoms with Crippen LogP contribution in [0.3, 0.4) is 0 Å². The molecular formula is C20H32N2O2. The summed E-state index contributed by atoms with van der Waals surface area (Å²) in [6.07, 6.45) is 6.39. The van der Waals surface area contributed by atoms with Gasteiger partial charge in [-0.2, -0.15) is 0 Å². The molecule has 1 aromatic carbocycles. The van der Waals surface area contributed by atoms with Crippen LogP contribution in [0, 0.1) is 0 Å². The molecule has 3 rings (SSSR count). The number of aliphatic hydroxyl groups excluding tert-OH is 1. The van der Waals surface area contributed by atoms with Gasteiger partial charge in [0.15, 0.2) is 0 Å². The Hall–Kier alpha value is -1.10. The van der Waals surface area contributed by atoms with Gasteiger partial charge in [-0.15, -0.1) is 0 Å². The molecule has 1 aliphatic carbocycles. The molecule has 24 heavy (non-hydrogen) atoms. The molecule has 0 bridgehead atoms. The third-order valence-electron chi connectivity index (χ3n) is 5.56. The minimum atomic E-state index is 0.281. The fraction of sp³-hybridized carbons (Fsp3) is 0.700. The average molecular weight is 332 g/mol. The molecule has 0 aromatic heterocycles. The molecule has 0 amide bonds. The highest BCUT2D eigenvalue weighted by Crippen LogP contribution is 2.27. The van der Waals surface area contributed by atoms with Crippen molar-refractivity contribution in [2.24, 2.45) is 0 Å². The van der Waals surface area contributed by atoms with E-state index in [0.717, 1.165) is 37.8 Å². The Bertz CT molecular complexity index is 485. The van der Waals surface area contributed by atoms with E-state index in [1.807, 2.05) is 6.92 Å². The maximum absolute atomic E-state index is 9.49. The number of hydrogen-bond acceptors (Lipinski definition) is 4. The first-order valence-corrected chi connectivity index (χ1v) is 9.61. The SMILES string of the molecule is CCOc1ccc(CN2CCN(C3CCCC3)C[C@H]2CCO)cc1. The molecule has 1 heterocycles. The summed E-state index contributed by atoms with van der Waals surface area (Å²) in [6, 6.07) is 9.73. The van der Waals surface area contributed by atoms with Crippen molar-refractivity contribution in [3.63, 3.8) is 0 Å². The molecule has 1 N–H and O–H groups in total. The molecule has 1 aliphatic heterocycles. The zero-order valence-electron chi connectivity index (χ0n) is 15.0. The van der Waals surface area contributed by atoms with Crippen molar-refractivity contribution in [1.82, 2.24) is 9.80 Å². The Morgan fingerprint density at radius 2 is 1.88 bits per heavy atom. The third kappa shape index (κ3) is 4.50. The van der Waals surface area contributed by atoms with Gasteiger partial charge in [-0.25, -0.2) is 0 Å². The molecule has 1 saturated carbocycles. The number of rotatable bonds is 7. The van der Waals surface area contributed by atoms with E-state index >= 15 is 0 Å². The first-order valence-electron chi connectivity index (χ1n) is 9.61. The summed E-state index contributed by atoms with van der Waals surface area (Å²) < 4.78 is 5.53. The van der Waals surface area contributed by atoms with Crippen molar-refractivity contribution in [2.45, 2.75) is 57.7 Å². The lowest BCUT2D eigenvalue weighted by atomic mass is 10.0. The first-order chi connectivity index (χ1) is 11.8. The van der Waals surface area contributed by atoms with Crippen LogP contribution in [0.2, 0.25) is 0 Å². The van der Waals surface area contributed by atoms with Crippen LogP contribution in [-0.2, 0) is 6.54 Å². The van der Waals surface area contributed by atoms with Crippen LogP contribution in [-0.4, -0.2) is 59.8 Å². The fourth-order valence-electron chi connectivity index (χ4n) is 4.24. The first kappa shape index (κ1) is 17.7. The van der Waals surface area contributed by atoms with Crippen LogP contribution < -0.4 is 4.74 Å². The van der Waals surface area contributed by atoms with Gasteiger partial charge < -0.3 is 9.84 Å². The normalized spacial score (nSPS) is 23.7. The van der Waals surface area contributed by atoms with Gasteiger partial charge >= 0.3 is 0 Å². The molecule has 4 nitrogen and oxygen atoms in total. The van der Waals surface area contributed by atoms with E-state index in [-0.39, 0.29) is 6.61 Å². The van der Waals surface area contributed by atoms with Gasteiger partial charge in [-0.3, -0.25) is 9.80 Å². The van der Waals surface area contributed by atoms with Crippen molar-refractivity contribution in [3.05, 3.63) is 29.8 Å². The quantitative estimate of drug-likeness (QED) is 0.833. The smallest absolute Gasteiger partial charge is 0.119 e. The van der Waals surface area contributed by atoms with E-state index in [0.29, 0.717) is 12.6 Å². The summed E-state index contributed by atoms with van der Waals surface area (Å²) >= 11 is 0.